The van der Waals surface area contributed by atoms with E-state index in [1.54, 1.807) is 12.3 Å². The Morgan fingerprint density at radius 1 is 1.12 bits per heavy atom. The van der Waals surface area contributed by atoms with E-state index in [0.29, 0.717) is 4.91 Å². The van der Waals surface area contributed by atoms with Gasteiger partial charge in [0.15, 0.2) is 0 Å². The molecule has 1 fully saturated rings. The quantitative estimate of drug-likeness (QED) is 0.647. The number of amides is 2. The average molecular weight is 373 g/mol. The third kappa shape index (κ3) is 2.84. The Morgan fingerprint density at radius 2 is 2.00 bits per heavy atom. The van der Waals surface area contributed by atoms with Gasteiger partial charge in [-0.25, -0.2) is 0 Å². The van der Waals surface area contributed by atoms with Gasteiger partial charge in [0.25, 0.3) is 11.1 Å². The Bertz CT molecular complexity index is 1030. The Morgan fingerprint density at radius 3 is 2.71 bits per heavy atom. The molecule has 1 N–H and O–H groups in total. The van der Waals surface area contributed by atoms with Gasteiger partial charge in [-0.15, -0.1) is 11.3 Å². The van der Waals surface area contributed by atoms with Crippen molar-refractivity contribution in [2.24, 2.45) is 0 Å². The summed E-state index contributed by atoms with van der Waals surface area (Å²) in [5, 5.41) is 2.88. The second-order valence-corrected chi connectivity index (χ2v) is 7.82. The number of carbonyl (C=O) groups is 2. The van der Waals surface area contributed by atoms with Gasteiger partial charge in [0.1, 0.15) is 0 Å². The fourth-order valence-corrected chi connectivity index (χ4v) is 4.26. The fraction of sp³-hybridized carbons (Fsp3) is 0. The van der Waals surface area contributed by atoms with E-state index in [2.05, 4.69) is 10.3 Å². The lowest BCUT2D eigenvalue weighted by molar-refractivity contribution is -0.115. The van der Waals surface area contributed by atoms with Crippen LogP contribution >= 0.6 is 34.7 Å². The normalized spacial score (nSPS) is 16.1. The van der Waals surface area contributed by atoms with Crippen molar-refractivity contribution in [3.8, 4) is 10.4 Å². The second kappa shape index (κ2) is 6.05. The standard InChI is InChI=1S/C17H9ClN2O2S2/c18-15-4-3-13(23-15)10-5-6-19-12-2-1-9(7-11(10)12)8-14-16(21)20-17(22)24-14/h1-8H,(H,20,21,22)/b14-8+. The van der Waals surface area contributed by atoms with Crippen molar-refractivity contribution >= 4 is 62.8 Å². The maximum atomic E-state index is 11.7. The van der Waals surface area contributed by atoms with Gasteiger partial charge in [0.05, 0.1) is 14.8 Å². The van der Waals surface area contributed by atoms with Crippen LogP contribution in [0.4, 0.5) is 4.79 Å². The third-order valence-electron chi connectivity index (χ3n) is 3.54. The Balaban J connectivity index is 1.84. The highest BCUT2D eigenvalue weighted by molar-refractivity contribution is 8.18. The van der Waals surface area contributed by atoms with Gasteiger partial charge in [0.2, 0.25) is 0 Å². The van der Waals surface area contributed by atoms with Crippen LogP contribution in [0.25, 0.3) is 27.4 Å². The molecule has 0 aliphatic carbocycles. The van der Waals surface area contributed by atoms with E-state index >= 15 is 0 Å². The molecule has 4 rings (SSSR count). The van der Waals surface area contributed by atoms with Gasteiger partial charge in [-0.1, -0.05) is 17.7 Å². The number of hydrogen-bond donors (Lipinski definition) is 1. The van der Waals surface area contributed by atoms with Crippen LogP contribution in [0.1, 0.15) is 5.56 Å². The summed E-state index contributed by atoms with van der Waals surface area (Å²) in [6, 6.07) is 11.5. The zero-order valence-corrected chi connectivity index (χ0v) is 14.5. The van der Waals surface area contributed by atoms with E-state index in [9.17, 15) is 9.59 Å². The first-order valence-corrected chi connectivity index (χ1v) is 9.00. The molecule has 0 saturated carbocycles. The molecule has 1 aromatic carbocycles. The summed E-state index contributed by atoms with van der Waals surface area (Å²) < 4.78 is 0.728. The molecule has 0 bridgehead atoms. The van der Waals surface area contributed by atoms with Gasteiger partial charge in [-0.2, -0.15) is 0 Å². The zero-order valence-electron chi connectivity index (χ0n) is 12.1. The number of halogens is 1. The molecular weight excluding hydrogens is 364 g/mol. The Kier molecular flexibility index (Phi) is 3.88. The molecule has 0 atom stereocenters. The van der Waals surface area contributed by atoms with Crippen molar-refractivity contribution in [3.05, 3.63) is 57.4 Å². The van der Waals surface area contributed by atoms with E-state index in [1.807, 2.05) is 36.4 Å². The van der Waals surface area contributed by atoms with Crippen LogP contribution in [0.2, 0.25) is 4.34 Å². The molecular formula is C17H9ClN2O2S2. The van der Waals surface area contributed by atoms with Crippen molar-refractivity contribution in [1.82, 2.24) is 10.3 Å². The van der Waals surface area contributed by atoms with Crippen molar-refractivity contribution in [2.45, 2.75) is 0 Å². The third-order valence-corrected chi connectivity index (χ3v) is 5.62. The summed E-state index contributed by atoms with van der Waals surface area (Å²) in [4.78, 5) is 28.8. The van der Waals surface area contributed by atoms with Gasteiger partial charge >= 0.3 is 0 Å². The summed E-state index contributed by atoms with van der Waals surface area (Å²) in [5.74, 6) is -0.360. The number of imide groups is 1. The second-order valence-electron chi connectivity index (χ2n) is 5.09. The number of thioether (sulfide) groups is 1. The predicted molar refractivity (Wildman–Crippen MR) is 99.2 cm³/mol. The van der Waals surface area contributed by atoms with E-state index in [1.165, 1.54) is 11.3 Å². The van der Waals surface area contributed by atoms with Crippen LogP contribution < -0.4 is 5.32 Å². The number of nitrogens with one attached hydrogen (secondary N) is 1. The maximum Gasteiger partial charge on any atom is 0.290 e. The van der Waals surface area contributed by atoms with E-state index in [4.69, 9.17) is 11.6 Å². The summed E-state index contributed by atoms with van der Waals surface area (Å²) in [6.07, 6.45) is 3.48. The van der Waals surface area contributed by atoms with Crippen molar-refractivity contribution < 1.29 is 9.59 Å². The highest BCUT2D eigenvalue weighted by atomic mass is 35.5. The fourth-order valence-electron chi connectivity index (χ4n) is 2.50. The summed E-state index contributed by atoms with van der Waals surface area (Å²) in [7, 11) is 0. The molecule has 0 spiro atoms. The number of rotatable bonds is 2. The summed E-state index contributed by atoms with van der Waals surface area (Å²) in [5.41, 5.74) is 2.74. The van der Waals surface area contributed by atoms with Crippen molar-refractivity contribution in [3.63, 3.8) is 0 Å². The summed E-state index contributed by atoms with van der Waals surface area (Å²) >= 11 is 8.46. The number of pyridine rings is 1. The zero-order chi connectivity index (χ0) is 16.7. The molecule has 3 aromatic rings. The van der Waals surface area contributed by atoms with Crippen molar-refractivity contribution in [2.75, 3.05) is 0 Å². The SMILES string of the molecule is O=C1NC(=O)/C(=C\c2ccc3nccc(-c4ccc(Cl)s4)c3c2)S1. The topological polar surface area (TPSA) is 59.1 Å². The number of carbonyl (C=O) groups excluding carboxylic acids is 2. The number of hydrogen-bond acceptors (Lipinski definition) is 5. The van der Waals surface area contributed by atoms with Gasteiger partial charge in [-0.3, -0.25) is 19.9 Å². The molecule has 2 aromatic heterocycles. The van der Waals surface area contributed by atoms with Crippen LogP contribution in [-0.2, 0) is 4.79 Å². The first-order chi connectivity index (χ1) is 11.6. The molecule has 118 valence electrons. The number of fused-ring (bicyclic) bond motifs is 1. The lowest BCUT2D eigenvalue weighted by Gasteiger charge is -2.05. The lowest BCUT2D eigenvalue weighted by atomic mass is 10.0. The smallest absolute Gasteiger partial charge is 0.282 e. The monoisotopic (exact) mass is 372 g/mol. The van der Waals surface area contributed by atoms with Crippen molar-refractivity contribution in [1.29, 1.82) is 0 Å². The van der Waals surface area contributed by atoms with Gasteiger partial charge in [0, 0.05) is 22.0 Å². The highest BCUT2D eigenvalue weighted by Crippen LogP contribution is 2.35. The number of thiophene rings is 1. The molecule has 2 amide bonds. The van der Waals surface area contributed by atoms with E-state index < -0.39 is 0 Å². The highest BCUT2D eigenvalue weighted by Gasteiger charge is 2.24. The molecule has 0 unspecified atom stereocenters. The minimum absolute atomic E-state index is 0.345. The molecule has 1 saturated heterocycles. The van der Waals surface area contributed by atoms with Crippen LogP contribution in [0, 0.1) is 0 Å². The first-order valence-electron chi connectivity index (χ1n) is 6.99. The minimum atomic E-state index is -0.360. The minimum Gasteiger partial charge on any atom is -0.282 e. The van der Waals surface area contributed by atoms with E-state index in [-0.39, 0.29) is 11.1 Å². The Hall–Kier alpha value is -2.15. The van der Waals surface area contributed by atoms with Crippen LogP contribution in [0.15, 0.2) is 47.5 Å². The predicted octanol–water partition coefficient (Wildman–Crippen LogP) is 4.94. The summed E-state index contributed by atoms with van der Waals surface area (Å²) in [6.45, 7) is 0. The molecule has 0 radical (unpaired) electrons. The lowest BCUT2D eigenvalue weighted by Crippen LogP contribution is -2.17. The molecule has 24 heavy (non-hydrogen) atoms. The molecule has 1 aliphatic heterocycles. The molecule has 4 nitrogen and oxygen atoms in total. The molecule has 1 aliphatic rings. The van der Waals surface area contributed by atoms with Crippen LogP contribution in [0.5, 0.6) is 0 Å². The Labute approximate surface area is 150 Å². The number of benzene rings is 1. The van der Waals surface area contributed by atoms with E-state index in [0.717, 1.165) is 43.0 Å². The van der Waals surface area contributed by atoms with Gasteiger partial charge in [-0.05, 0) is 53.7 Å². The largest absolute Gasteiger partial charge is 0.290 e. The number of nitrogens with zero attached hydrogens (tertiary/aromatic N) is 1. The molecule has 3 heterocycles. The number of aromatic nitrogens is 1. The van der Waals surface area contributed by atoms with Crippen LogP contribution in [-0.4, -0.2) is 16.1 Å². The average Bonchev–Trinajstić information content (AvgIpc) is 3.12. The van der Waals surface area contributed by atoms with Crippen LogP contribution in [0.3, 0.4) is 0 Å². The molecule has 7 heteroatoms. The van der Waals surface area contributed by atoms with Gasteiger partial charge < -0.3 is 0 Å². The maximum absolute atomic E-state index is 11.7. The first kappa shape index (κ1) is 15.4.